The normalized spacial score (nSPS) is 23.6. The number of aromatic nitrogens is 1. The highest BCUT2D eigenvalue weighted by molar-refractivity contribution is 8.00. The van der Waals surface area contributed by atoms with Crippen LogP contribution in [0.2, 0.25) is 0 Å². The molecule has 0 spiro atoms. The highest BCUT2D eigenvalue weighted by atomic mass is 32.2. The average molecular weight is 260 g/mol. The molecule has 94 valence electrons. The van der Waals surface area contributed by atoms with Gasteiger partial charge in [0.2, 0.25) is 0 Å². The Bertz CT molecular complexity index is 573. The van der Waals surface area contributed by atoms with Gasteiger partial charge in [-0.15, -0.1) is 11.8 Å². The molecule has 18 heavy (non-hydrogen) atoms. The first-order valence-electron chi connectivity index (χ1n) is 6.17. The Morgan fingerprint density at radius 1 is 1.39 bits per heavy atom. The number of pyridine rings is 1. The highest BCUT2D eigenvalue weighted by Crippen LogP contribution is 2.37. The lowest BCUT2D eigenvalue weighted by molar-refractivity contribution is 0.127. The standard InChI is InChI=1S/C14H16N2OS/c1-9-12(6-8-17-9)18-13-5-4-11-10(14(13)15)3-2-7-16-11/h2-5,7,9,12H,6,8,15H2,1H3. The van der Waals surface area contributed by atoms with Crippen LogP contribution in [0.1, 0.15) is 13.3 Å². The maximum Gasteiger partial charge on any atom is 0.0723 e. The molecule has 2 N–H and O–H groups in total. The van der Waals surface area contributed by atoms with Crippen LogP contribution >= 0.6 is 11.8 Å². The lowest BCUT2D eigenvalue weighted by Crippen LogP contribution is -2.13. The summed E-state index contributed by atoms with van der Waals surface area (Å²) in [7, 11) is 0. The van der Waals surface area contributed by atoms with Gasteiger partial charge in [-0.1, -0.05) is 0 Å². The molecular weight excluding hydrogens is 244 g/mol. The number of nitrogens with zero attached hydrogens (tertiary/aromatic N) is 1. The molecule has 1 aliphatic heterocycles. The summed E-state index contributed by atoms with van der Waals surface area (Å²) < 4.78 is 5.59. The second kappa shape index (κ2) is 4.78. The topological polar surface area (TPSA) is 48.1 Å². The summed E-state index contributed by atoms with van der Waals surface area (Å²) in [5.74, 6) is 0. The minimum atomic E-state index is 0.305. The first-order valence-corrected chi connectivity index (χ1v) is 7.05. The first-order chi connectivity index (χ1) is 8.75. The zero-order valence-electron chi connectivity index (χ0n) is 10.3. The lowest BCUT2D eigenvalue weighted by atomic mass is 10.2. The number of thioether (sulfide) groups is 1. The van der Waals surface area contributed by atoms with E-state index in [1.165, 1.54) is 0 Å². The fourth-order valence-electron chi connectivity index (χ4n) is 2.29. The summed E-state index contributed by atoms with van der Waals surface area (Å²) >= 11 is 1.82. The van der Waals surface area contributed by atoms with Gasteiger partial charge in [-0.2, -0.15) is 0 Å². The molecule has 0 amide bonds. The molecule has 1 aromatic heterocycles. The molecule has 1 aromatic carbocycles. The van der Waals surface area contributed by atoms with E-state index in [0.717, 1.165) is 34.5 Å². The van der Waals surface area contributed by atoms with Crippen molar-refractivity contribution in [3.8, 4) is 0 Å². The Balaban J connectivity index is 1.95. The van der Waals surface area contributed by atoms with E-state index in [9.17, 15) is 0 Å². The van der Waals surface area contributed by atoms with E-state index in [1.54, 1.807) is 6.20 Å². The van der Waals surface area contributed by atoms with Gasteiger partial charge in [0, 0.05) is 28.3 Å². The number of anilines is 1. The zero-order valence-corrected chi connectivity index (χ0v) is 11.1. The molecule has 2 atom stereocenters. The molecule has 3 rings (SSSR count). The van der Waals surface area contributed by atoms with E-state index in [1.807, 2.05) is 30.0 Å². The molecule has 0 radical (unpaired) electrons. The molecule has 2 aromatic rings. The molecule has 1 aliphatic rings. The van der Waals surface area contributed by atoms with Crippen LogP contribution in [0, 0.1) is 0 Å². The van der Waals surface area contributed by atoms with Gasteiger partial charge in [0.1, 0.15) is 0 Å². The monoisotopic (exact) mass is 260 g/mol. The summed E-state index contributed by atoms with van der Waals surface area (Å²) in [5.41, 5.74) is 8.03. The quantitative estimate of drug-likeness (QED) is 0.843. The van der Waals surface area contributed by atoms with Gasteiger partial charge in [-0.3, -0.25) is 4.98 Å². The van der Waals surface area contributed by atoms with Crippen LogP contribution in [0.25, 0.3) is 10.9 Å². The highest BCUT2D eigenvalue weighted by Gasteiger charge is 2.25. The molecule has 1 saturated heterocycles. The Hall–Kier alpha value is -1.26. The number of nitrogens with two attached hydrogens (primary N) is 1. The number of hydrogen-bond donors (Lipinski definition) is 1. The van der Waals surface area contributed by atoms with Gasteiger partial charge in [0.05, 0.1) is 17.3 Å². The van der Waals surface area contributed by atoms with E-state index >= 15 is 0 Å². The number of benzene rings is 1. The summed E-state index contributed by atoms with van der Waals surface area (Å²) in [6, 6.07) is 8.06. The molecule has 0 bridgehead atoms. The molecule has 4 heteroatoms. The Kier molecular flexibility index (Phi) is 3.14. The maximum absolute atomic E-state index is 6.24. The first kappa shape index (κ1) is 11.8. The van der Waals surface area contributed by atoms with Crippen LogP contribution in [0.3, 0.4) is 0 Å². The summed E-state index contributed by atoms with van der Waals surface area (Å²) in [6.07, 6.45) is 3.19. The predicted molar refractivity (Wildman–Crippen MR) is 75.8 cm³/mol. The maximum atomic E-state index is 6.24. The van der Waals surface area contributed by atoms with E-state index in [0.29, 0.717) is 11.4 Å². The number of fused-ring (bicyclic) bond motifs is 1. The minimum absolute atomic E-state index is 0.305. The molecule has 0 aliphatic carbocycles. The summed E-state index contributed by atoms with van der Waals surface area (Å²) in [4.78, 5) is 5.45. The van der Waals surface area contributed by atoms with Gasteiger partial charge in [-0.05, 0) is 37.6 Å². The smallest absolute Gasteiger partial charge is 0.0723 e. The van der Waals surface area contributed by atoms with Crippen molar-refractivity contribution in [3.63, 3.8) is 0 Å². The molecular formula is C14H16N2OS. The molecule has 0 saturated carbocycles. The van der Waals surface area contributed by atoms with Gasteiger partial charge in [0.25, 0.3) is 0 Å². The van der Waals surface area contributed by atoms with E-state index in [-0.39, 0.29) is 0 Å². The van der Waals surface area contributed by atoms with Crippen molar-refractivity contribution >= 4 is 28.4 Å². The van der Waals surface area contributed by atoms with Crippen molar-refractivity contribution in [1.29, 1.82) is 0 Å². The van der Waals surface area contributed by atoms with Crippen LogP contribution in [0.4, 0.5) is 5.69 Å². The van der Waals surface area contributed by atoms with Crippen LogP contribution in [-0.2, 0) is 4.74 Å². The lowest BCUT2D eigenvalue weighted by Gasteiger charge is -2.15. The second-order valence-electron chi connectivity index (χ2n) is 4.57. The second-order valence-corrected chi connectivity index (χ2v) is 5.85. The van der Waals surface area contributed by atoms with Gasteiger partial charge in [0.15, 0.2) is 0 Å². The fraction of sp³-hybridized carbons (Fsp3) is 0.357. The molecule has 1 fully saturated rings. The van der Waals surface area contributed by atoms with Crippen LogP contribution in [0.15, 0.2) is 35.4 Å². The Labute approximate surface area is 111 Å². The van der Waals surface area contributed by atoms with Gasteiger partial charge in [-0.25, -0.2) is 0 Å². The summed E-state index contributed by atoms with van der Waals surface area (Å²) in [5, 5.41) is 1.54. The largest absolute Gasteiger partial charge is 0.397 e. The summed E-state index contributed by atoms with van der Waals surface area (Å²) in [6.45, 7) is 2.98. The van der Waals surface area contributed by atoms with Crippen molar-refractivity contribution in [2.45, 2.75) is 29.6 Å². The van der Waals surface area contributed by atoms with Crippen molar-refractivity contribution in [2.24, 2.45) is 0 Å². The van der Waals surface area contributed by atoms with Crippen LogP contribution in [0.5, 0.6) is 0 Å². The van der Waals surface area contributed by atoms with E-state index < -0.39 is 0 Å². The van der Waals surface area contributed by atoms with Gasteiger partial charge >= 0.3 is 0 Å². The zero-order chi connectivity index (χ0) is 12.5. The Morgan fingerprint density at radius 3 is 3.06 bits per heavy atom. The fourth-order valence-corrected chi connectivity index (χ4v) is 3.48. The van der Waals surface area contributed by atoms with Crippen LogP contribution < -0.4 is 5.73 Å². The predicted octanol–water partition coefficient (Wildman–Crippen LogP) is 3.09. The van der Waals surface area contributed by atoms with E-state index in [4.69, 9.17) is 10.5 Å². The van der Waals surface area contributed by atoms with Crippen molar-refractivity contribution < 1.29 is 4.74 Å². The van der Waals surface area contributed by atoms with Crippen LogP contribution in [-0.4, -0.2) is 22.9 Å². The Morgan fingerprint density at radius 2 is 2.28 bits per heavy atom. The molecule has 2 heterocycles. The number of nitrogen functional groups attached to an aromatic ring is 1. The SMILES string of the molecule is CC1OCCC1Sc1ccc2ncccc2c1N. The molecule has 3 nitrogen and oxygen atoms in total. The third-order valence-electron chi connectivity index (χ3n) is 3.37. The minimum Gasteiger partial charge on any atom is -0.397 e. The molecule has 2 unspecified atom stereocenters. The van der Waals surface area contributed by atoms with Crippen molar-refractivity contribution in [3.05, 3.63) is 30.5 Å². The number of hydrogen-bond acceptors (Lipinski definition) is 4. The average Bonchev–Trinajstić information content (AvgIpc) is 2.79. The third-order valence-corrected chi connectivity index (χ3v) is 4.90. The number of ether oxygens (including phenoxy) is 1. The van der Waals surface area contributed by atoms with Crippen molar-refractivity contribution in [2.75, 3.05) is 12.3 Å². The van der Waals surface area contributed by atoms with E-state index in [2.05, 4.69) is 18.0 Å². The van der Waals surface area contributed by atoms with Gasteiger partial charge < -0.3 is 10.5 Å². The van der Waals surface area contributed by atoms with Crippen molar-refractivity contribution in [1.82, 2.24) is 4.98 Å². The third kappa shape index (κ3) is 2.06. The number of rotatable bonds is 2.